The Morgan fingerprint density at radius 1 is 1.11 bits per heavy atom. The summed E-state index contributed by atoms with van der Waals surface area (Å²) in [6.07, 6.45) is 2.38. The number of para-hydroxylation sites is 1. The van der Waals surface area contributed by atoms with Crippen molar-refractivity contribution in [2.24, 2.45) is 5.41 Å². The largest absolute Gasteiger partial charge is 0.493 e. The van der Waals surface area contributed by atoms with E-state index in [0.717, 1.165) is 12.1 Å². The van der Waals surface area contributed by atoms with Crippen LogP contribution < -0.4 is 10.1 Å². The smallest absolute Gasteiger partial charge is 0.363 e. The Kier molecular flexibility index (Phi) is 6.48. The number of nitrogens with one attached hydrogen (secondary N) is 1. The predicted molar refractivity (Wildman–Crippen MR) is 107 cm³/mol. The second kappa shape index (κ2) is 8.46. The minimum Gasteiger partial charge on any atom is -0.493 e. The van der Waals surface area contributed by atoms with Crippen LogP contribution in [-0.4, -0.2) is 40.9 Å². The number of amides is 1. The van der Waals surface area contributed by atoms with E-state index in [-0.39, 0.29) is 29.4 Å². The van der Waals surface area contributed by atoms with Crippen LogP contribution in [0.2, 0.25) is 0 Å². The lowest BCUT2D eigenvalue weighted by molar-refractivity contribution is -0.126. The Hall–Kier alpha value is -2.83. The number of esters is 1. The number of rotatable bonds is 7. The third kappa shape index (κ3) is 6.11. The molecule has 0 aliphatic carbocycles. The monoisotopic (exact) mass is 387 g/mol. The lowest BCUT2D eigenvalue weighted by Gasteiger charge is -2.33. The molecule has 2 rings (SSSR count). The molecular formula is C21H29N3O4. The van der Waals surface area contributed by atoms with Crippen LogP contribution in [0.3, 0.4) is 0 Å². The van der Waals surface area contributed by atoms with Gasteiger partial charge in [0.15, 0.2) is 12.4 Å². The number of carbonyl (C=O) groups excluding carboxylic acids is 2. The van der Waals surface area contributed by atoms with Gasteiger partial charge in [0.05, 0.1) is 19.0 Å². The molecule has 0 spiro atoms. The first-order chi connectivity index (χ1) is 13.0. The molecule has 0 bridgehead atoms. The van der Waals surface area contributed by atoms with Gasteiger partial charge in [-0.05, 0) is 37.8 Å². The second-order valence-corrected chi connectivity index (χ2v) is 8.57. The molecule has 152 valence electrons. The van der Waals surface area contributed by atoms with Gasteiger partial charge in [-0.15, -0.1) is 0 Å². The van der Waals surface area contributed by atoms with Gasteiger partial charge in [0.1, 0.15) is 0 Å². The molecule has 0 radical (unpaired) electrons. The van der Waals surface area contributed by atoms with E-state index in [9.17, 15) is 9.59 Å². The van der Waals surface area contributed by atoms with Gasteiger partial charge >= 0.3 is 5.97 Å². The quantitative estimate of drug-likeness (QED) is 0.737. The third-order valence-corrected chi connectivity index (χ3v) is 3.90. The zero-order valence-corrected chi connectivity index (χ0v) is 17.4. The molecule has 1 amide bonds. The molecule has 0 aliphatic rings. The zero-order valence-electron chi connectivity index (χ0n) is 17.4. The molecule has 7 heteroatoms. The Morgan fingerprint density at radius 3 is 2.32 bits per heavy atom. The number of hydrogen-bond acceptors (Lipinski definition) is 5. The van der Waals surface area contributed by atoms with Crippen molar-refractivity contribution < 1.29 is 19.1 Å². The van der Waals surface area contributed by atoms with Crippen molar-refractivity contribution in [3.8, 4) is 11.4 Å². The number of aromatic nitrogens is 2. The average molecular weight is 387 g/mol. The minimum atomic E-state index is -0.713. The Morgan fingerprint density at radius 2 is 1.75 bits per heavy atom. The van der Waals surface area contributed by atoms with Crippen LogP contribution in [0.15, 0.2) is 36.5 Å². The van der Waals surface area contributed by atoms with Gasteiger partial charge in [-0.1, -0.05) is 39.0 Å². The van der Waals surface area contributed by atoms with E-state index >= 15 is 0 Å². The van der Waals surface area contributed by atoms with E-state index in [1.54, 1.807) is 6.20 Å². The minimum absolute atomic E-state index is 0.0214. The van der Waals surface area contributed by atoms with Crippen LogP contribution in [-0.2, 0) is 9.53 Å². The van der Waals surface area contributed by atoms with Gasteiger partial charge in [0, 0.05) is 5.54 Å². The molecule has 1 aromatic carbocycles. The van der Waals surface area contributed by atoms with E-state index in [4.69, 9.17) is 9.47 Å². The topological polar surface area (TPSA) is 82.5 Å². The van der Waals surface area contributed by atoms with E-state index < -0.39 is 11.5 Å². The predicted octanol–water partition coefficient (Wildman–Crippen LogP) is 3.37. The van der Waals surface area contributed by atoms with Gasteiger partial charge in [0.25, 0.3) is 5.91 Å². The van der Waals surface area contributed by atoms with Crippen molar-refractivity contribution in [2.45, 2.75) is 46.6 Å². The second-order valence-electron chi connectivity index (χ2n) is 8.57. The number of ether oxygens (including phenoxy) is 2. The highest BCUT2D eigenvalue weighted by Crippen LogP contribution is 2.26. The molecule has 0 fully saturated rings. The summed E-state index contributed by atoms with van der Waals surface area (Å²) < 4.78 is 11.9. The molecule has 2 aromatic rings. The number of carbonyl (C=O) groups is 2. The first-order valence-electron chi connectivity index (χ1n) is 9.18. The lowest BCUT2D eigenvalue weighted by atomic mass is 9.82. The highest BCUT2D eigenvalue weighted by Gasteiger charge is 2.28. The van der Waals surface area contributed by atoms with Crippen LogP contribution in [0.25, 0.3) is 5.69 Å². The molecule has 0 aliphatic heterocycles. The molecule has 1 N–H and O–H groups in total. The van der Waals surface area contributed by atoms with E-state index in [1.165, 1.54) is 11.8 Å². The summed E-state index contributed by atoms with van der Waals surface area (Å²) in [5.74, 6) is -0.790. The van der Waals surface area contributed by atoms with Crippen molar-refractivity contribution in [3.63, 3.8) is 0 Å². The van der Waals surface area contributed by atoms with Crippen LogP contribution in [0.1, 0.15) is 51.5 Å². The van der Waals surface area contributed by atoms with Crippen LogP contribution >= 0.6 is 0 Å². The lowest BCUT2D eigenvalue weighted by Crippen LogP contribution is -2.47. The summed E-state index contributed by atoms with van der Waals surface area (Å²) in [7, 11) is 1.45. The fourth-order valence-corrected chi connectivity index (χ4v) is 3.34. The summed E-state index contributed by atoms with van der Waals surface area (Å²) in [5.41, 5.74) is 0.453. The van der Waals surface area contributed by atoms with Crippen molar-refractivity contribution in [3.05, 3.63) is 42.2 Å². The molecule has 28 heavy (non-hydrogen) atoms. The fourth-order valence-electron chi connectivity index (χ4n) is 3.34. The normalized spacial score (nSPS) is 11.8. The molecular weight excluding hydrogens is 358 g/mol. The Balaban J connectivity index is 2.01. The number of nitrogens with zero attached hydrogens (tertiary/aromatic N) is 2. The maximum absolute atomic E-state index is 12.4. The summed E-state index contributed by atoms with van der Waals surface area (Å²) in [5, 5.41) is 7.14. The summed E-state index contributed by atoms with van der Waals surface area (Å²) in [6, 6.07) is 9.33. The molecule has 1 heterocycles. The third-order valence-electron chi connectivity index (χ3n) is 3.90. The van der Waals surface area contributed by atoms with E-state index in [0.29, 0.717) is 0 Å². The first kappa shape index (κ1) is 21.5. The fraction of sp³-hybridized carbons (Fsp3) is 0.476. The molecule has 0 unspecified atom stereocenters. The van der Waals surface area contributed by atoms with Crippen molar-refractivity contribution in [1.82, 2.24) is 15.1 Å². The standard InChI is InChI=1S/C21H29N3O4/c1-20(2,3)14-21(4,5)22-17(25)13-28-19(26)18-16(27-6)12-24(23-18)15-10-8-7-9-11-15/h7-12H,13-14H2,1-6H3,(H,22,25). The van der Waals surface area contributed by atoms with Gasteiger partial charge in [-0.3, -0.25) is 4.79 Å². The zero-order chi connectivity index (χ0) is 20.9. The van der Waals surface area contributed by atoms with Crippen molar-refractivity contribution >= 4 is 11.9 Å². The SMILES string of the molecule is COc1cn(-c2ccccc2)nc1C(=O)OCC(=O)NC(C)(C)CC(C)(C)C. The van der Waals surface area contributed by atoms with Gasteiger partial charge in [-0.2, -0.15) is 5.10 Å². The van der Waals surface area contributed by atoms with Gasteiger partial charge in [-0.25, -0.2) is 9.48 Å². The Labute approximate surface area is 166 Å². The van der Waals surface area contributed by atoms with Gasteiger partial charge in [0.2, 0.25) is 5.69 Å². The molecule has 7 nitrogen and oxygen atoms in total. The summed E-state index contributed by atoms with van der Waals surface area (Å²) in [6.45, 7) is 9.83. The molecule has 0 saturated heterocycles. The summed E-state index contributed by atoms with van der Waals surface area (Å²) >= 11 is 0. The number of hydrogen-bond donors (Lipinski definition) is 1. The highest BCUT2D eigenvalue weighted by atomic mass is 16.5. The van der Waals surface area contributed by atoms with Crippen LogP contribution in [0, 0.1) is 5.41 Å². The van der Waals surface area contributed by atoms with Crippen molar-refractivity contribution in [2.75, 3.05) is 13.7 Å². The Bertz CT molecular complexity index is 820. The molecule has 1 aromatic heterocycles. The van der Waals surface area contributed by atoms with E-state index in [1.807, 2.05) is 44.2 Å². The highest BCUT2D eigenvalue weighted by molar-refractivity contribution is 5.92. The van der Waals surface area contributed by atoms with Crippen LogP contribution in [0.5, 0.6) is 5.75 Å². The number of methoxy groups -OCH3 is 1. The van der Waals surface area contributed by atoms with Gasteiger partial charge < -0.3 is 14.8 Å². The first-order valence-corrected chi connectivity index (χ1v) is 9.18. The van der Waals surface area contributed by atoms with Crippen LogP contribution in [0.4, 0.5) is 0 Å². The summed E-state index contributed by atoms with van der Waals surface area (Å²) in [4.78, 5) is 24.6. The van der Waals surface area contributed by atoms with E-state index in [2.05, 4.69) is 31.2 Å². The number of benzene rings is 1. The maximum atomic E-state index is 12.4. The molecule has 0 saturated carbocycles. The average Bonchev–Trinajstić information content (AvgIpc) is 3.02. The van der Waals surface area contributed by atoms with Crippen molar-refractivity contribution in [1.29, 1.82) is 0 Å². The maximum Gasteiger partial charge on any atom is 0.363 e. The molecule has 0 atom stereocenters.